The Labute approximate surface area is 188 Å². The van der Waals surface area contributed by atoms with Gasteiger partial charge >= 0.3 is 13.1 Å². The van der Waals surface area contributed by atoms with Gasteiger partial charge in [-0.3, -0.25) is 9.59 Å². The number of amides is 1. The van der Waals surface area contributed by atoms with Crippen LogP contribution >= 0.6 is 24.8 Å². The second-order valence-corrected chi connectivity index (χ2v) is 7.42. The van der Waals surface area contributed by atoms with E-state index in [2.05, 4.69) is 0 Å². The molecule has 0 saturated carbocycles. The molecule has 0 spiro atoms. The fourth-order valence-corrected chi connectivity index (χ4v) is 3.45. The van der Waals surface area contributed by atoms with Crippen LogP contribution in [0.4, 0.5) is 0 Å². The van der Waals surface area contributed by atoms with Crippen molar-refractivity contribution in [3.63, 3.8) is 0 Å². The van der Waals surface area contributed by atoms with Gasteiger partial charge in [0.25, 0.3) is 0 Å². The molecular formula is C18H30BCl2N3O6. The molecule has 1 aliphatic heterocycles. The fourth-order valence-electron chi connectivity index (χ4n) is 3.45. The van der Waals surface area contributed by atoms with Crippen LogP contribution in [-0.4, -0.2) is 70.3 Å². The third-order valence-corrected chi connectivity index (χ3v) is 4.90. The van der Waals surface area contributed by atoms with Crippen LogP contribution in [0.2, 0.25) is 6.32 Å². The van der Waals surface area contributed by atoms with Crippen molar-refractivity contribution in [3.8, 4) is 0 Å². The van der Waals surface area contributed by atoms with Gasteiger partial charge in [0.2, 0.25) is 5.91 Å². The van der Waals surface area contributed by atoms with E-state index in [1.165, 1.54) is 4.90 Å². The number of piperidine rings is 1. The molecule has 0 bridgehead atoms. The molecule has 0 radical (unpaired) electrons. The number of carbonyl (C=O) groups excluding carboxylic acids is 1. The minimum atomic E-state index is -1.59. The summed E-state index contributed by atoms with van der Waals surface area (Å²) in [4.78, 5) is 25.7. The van der Waals surface area contributed by atoms with Gasteiger partial charge in [0.15, 0.2) is 0 Å². The van der Waals surface area contributed by atoms with Gasteiger partial charge in [-0.05, 0) is 24.2 Å². The molecule has 9 nitrogen and oxygen atoms in total. The van der Waals surface area contributed by atoms with Crippen LogP contribution in [0.3, 0.4) is 0 Å². The molecule has 0 unspecified atom stereocenters. The maximum Gasteiger partial charge on any atom is 0.451 e. The predicted octanol–water partition coefficient (Wildman–Crippen LogP) is -0.132. The summed E-state index contributed by atoms with van der Waals surface area (Å²) < 4.78 is 5.51. The smallest absolute Gasteiger partial charge is 0.451 e. The van der Waals surface area contributed by atoms with Gasteiger partial charge in [-0.15, -0.1) is 24.8 Å². The van der Waals surface area contributed by atoms with Crippen molar-refractivity contribution in [2.75, 3.05) is 19.7 Å². The number of benzene rings is 1. The minimum Gasteiger partial charge on any atom is -0.480 e. The Balaban J connectivity index is 0.00000420. The van der Waals surface area contributed by atoms with Gasteiger partial charge in [0.05, 0.1) is 13.2 Å². The third kappa shape index (κ3) is 8.39. The number of aliphatic carboxylic acids is 1. The molecule has 30 heavy (non-hydrogen) atoms. The molecule has 3 atom stereocenters. The molecule has 1 heterocycles. The van der Waals surface area contributed by atoms with E-state index in [0.29, 0.717) is 13.0 Å². The second kappa shape index (κ2) is 13.1. The van der Waals surface area contributed by atoms with Crippen LogP contribution in [0.25, 0.3) is 0 Å². The van der Waals surface area contributed by atoms with Crippen LogP contribution in [0.15, 0.2) is 30.3 Å². The molecule has 170 valence electrons. The standard InChI is InChI=1S/C18H28BN3O6.2ClH/c20-15(11-28-10-13-4-2-1-3-5-13)16(23)22-9-14(6-7-19(26)27)8-18(21,12-22)17(24)25;;/h1-5,14-15,26-27H,6-12,20-21H2,(H,24,25);2*1H/t14-,15-,18+;;/m0../s1. The highest BCUT2D eigenvalue weighted by Gasteiger charge is 2.44. The zero-order valence-corrected chi connectivity index (χ0v) is 18.2. The van der Waals surface area contributed by atoms with Crippen LogP contribution in [0.5, 0.6) is 0 Å². The van der Waals surface area contributed by atoms with Gasteiger partial charge in [-0.2, -0.15) is 0 Å². The third-order valence-electron chi connectivity index (χ3n) is 4.90. The highest BCUT2D eigenvalue weighted by atomic mass is 35.5. The molecular weight excluding hydrogens is 436 g/mol. The Morgan fingerprint density at radius 3 is 2.47 bits per heavy atom. The average molecular weight is 466 g/mol. The highest BCUT2D eigenvalue weighted by molar-refractivity contribution is 6.40. The predicted molar refractivity (Wildman–Crippen MR) is 117 cm³/mol. The first-order valence-corrected chi connectivity index (χ1v) is 9.25. The summed E-state index contributed by atoms with van der Waals surface area (Å²) in [5.41, 5.74) is 11.3. The molecule has 1 aliphatic rings. The molecule has 1 aromatic carbocycles. The number of rotatable bonds is 9. The molecule has 12 heteroatoms. The lowest BCUT2D eigenvalue weighted by atomic mass is 9.75. The number of carbonyl (C=O) groups is 2. The lowest BCUT2D eigenvalue weighted by Gasteiger charge is -2.42. The zero-order valence-electron chi connectivity index (χ0n) is 16.6. The molecule has 1 amide bonds. The zero-order chi connectivity index (χ0) is 20.7. The van der Waals surface area contributed by atoms with Crippen molar-refractivity contribution in [1.82, 2.24) is 4.90 Å². The SMILES string of the molecule is Cl.Cl.N[C@@H](COCc1ccccc1)C(=O)N1C[C@@H](CCB(O)O)C[C@](N)(C(=O)O)C1. The Morgan fingerprint density at radius 2 is 1.90 bits per heavy atom. The lowest BCUT2D eigenvalue weighted by Crippen LogP contribution is -2.64. The Hall–Kier alpha value is -1.40. The summed E-state index contributed by atoms with van der Waals surface area (Å²) in [7, 11) is -1.49. The van der Waals surface area contributed by atoms with Crippen LogP contribution < -0.4 is 11.5 Å². The maximum atomic E-state index is 12.7. The highest BCUT2D eigenvalue weighted by Crippen LogP contribution is 2.28. The number of hydrogen-bond donors (Lipinski definition) is 5. The summed E-state index contributed by atoms with van der Waals surface area (Å²) in [6.45, 7) is 0.430. The van der Waals surface area contributed by atoms with E-state index >= 15 is 0 Å². The number of carboxylic acids is 1. The monoisotopic (exact) mass is 465 g/mol. The van der Waals surface area contributed by atoms with E-state index in [-0.39, 0.29) is 63.2 Å². The van der Waals surface area contributed by atoms with Crippen molar-refractivity contribution < 1.29 is 29.5 Å². The first-order valence-electron chi connectivity index (χ1n) is 9.25. The maximum absolute atomic E-state index is 12.7. The minimum absolute atomic E-state index is 0. The molecule has 1 fully saturated rings. The van der Waals surface area contributed by atoms with Crippen molar-refractivity contribution in [1.29, 1.82) is 0 Å². The van der Waals surface area contributed by atoms with Crippen LogP contribution in [-0.2, 0) is 20.9 Å². The second-order valence-electron chi connectivity index (χ2n) is 7.42. The molecule has 0 aliphatic carbocycles. The Kier molecular flexibility index (Phi) is 12.5. The summed E-state index contributed by atoms with van der Waals surface area (Å²) in [6.07, 6.45) is 0.570. The summed E-state index contributed by atoms with van der Waals surface area (Å²) in [5, 5.41) is 27.6. The average Bonchev–Trinajstić information content (AvgIpc) is 2.66. The van der Waals surface area contributed by atoms with E-state index < -0.39 is 30.6 Å². The first-order chi connectivity index (χ1) is 13.2. The fraction of sp³-hybridized carbons (Fsp3) is 0.556. The number of nitrogens with two attached hydrogens (primary N) is 2. The van der Waals surface area contributed by atoms with Crippen molar-refractivity contribution in [2.45, 2.75) is 37.3 Å². The van der Waals surface area contributed by atoms with Gasteiger partial charge in [0.1, 0.15) is 11.6 Å². The number of nitrogens with zero attached hydrogens (tertiary/aromatic N) is 1. The largest absolute Gasteiger partial charge is 0.480 e. The Morgan fingerprint density at radius 1 is 1.27 bits per heavy atom. The number of likely N-dealkylation sites (tertiary alicyclic amines) is 1. The van der Waals surface area contributed by atoms with E-state index in [9.17, 15) is 14.7 Å². The van der Waals surface area contributed by atoms with E-state index in [1.54, 1.807) is 0 Å². The Bertz CT molecular complexity index is 673. The van der Waals surface area contributed by atoms with Gasteiger partial charge < -0.3 is 36.3 Å². The van der Waals surface area contributed by atoms with E-state index in [4.69, 9.17) is 26.3 Å². The lowest BCUT2D eigenvalue weighted by molar-refractivity contribution is -0.150. The number of ether oxygens (including phenoxy) is 1. The van der Waals surface area contributed by atoms with Gasteiger partial charge in [0, 0.05) is 13.1 Å². The number of carboxylic acid groups (broad SMARTS) is 1. The molecule has 7 N–H and O–H groups in total. The van der Waals surface area contributed by atoms with E-state index in [1.807, 2.05) is 30.3 Å². The number of hydrogen-bond acceptors (Lipinski definition) is 7. The summed E-state index contributed by atoms with van der Waals surface area (Å²) >= 11 is 0. The van der Waals surface area contributed by atoms with Crippen molar-refractivity contribution >= 4 is 43.8 Å². The van der Waals surface area contributed by atoms with E-state index in [0.717, 1.165) is 5.56 Å². The normalized spacial score (nSPS) is 21.7. The summed E-state index contributed by atoms with van der Waals surface area (Å²) in [5.74, 6) is -1.90. The van der Waals surface area contributed by atoms with Crippen molar-refractivity contribution in [3.05, 3.63) is 35.9 Å². The van der Waals surface area contributed by atoms with Crippen LogP contribution in [0.1, 0.15) is 18.4 Å². The summed E-state index contributed by atoms with van der Waals surface area (Å²) in [6, 6.07) is 8.51. The van der Waals surface area contributed by atoms with Gasteiger partial charge in [-0.25, -0.2) is 0 Å². The first kappa shape index (κ1) is 28.6. The number of halogens is 2. The molecule has 2 rings (SSSR count). The topological polar surface area (TPSA) is 159 Å². The van der Waals surface area contributed by atoms with Crippen LogP contribution in [0, 0.1) is 5.92 Å². The quantitative estimate of drug-likeness (QED) is 0.315. The molecule has 1 saturated heterocycles. The van der Waals surface area contributed by atoms with Crippen molar-refractivity contribution in [2.24, 2.45) is 17.4 Å². The van der Waals surface area contributed by atoms with Gasteiger partial charge in [-0.1, -0.05) is 36.8 Å². The molecule has 0 aromatic heterocycles. The molecule has 1 aromatic rings.